The Morgan fingerprint density at radius 2 is 2.12 bits per heavy atom. The Bertz CT molecular complexity index is 552. The van der Waals surface area contributed by atoms with E-state index in [-0.39, 0.29) is 18.6 Å². The average molecular weight is 334 g/mol. The molecule has 24 heavy (non-hydrogen) atoms. The number of morpholine rings is 1. The fraction of sp³-hybridized carbons (Fsp3) is 0.529. The standard InChI is InChI=1S/C17H26N4O3/c1-13(10-20(2)11-14-6-4-3-5-7-14)19-17(23)21-8-9-24-15(12-21)16(18)22/h3-7,13,15H,8-12H2,1-2H3,(H2,18,22)(H,19,23)/t13-,15-/m0/s1. The number of hydrogen-bond donors (Lipinski definition) is 2. The first-order chi connectivity index (χ1) is 11.5. The first kappa shape index (κ1) is 18.2. The first-order valence-corrected chi connectivity index (χ1v) is 8.14. The highest BCUT2D eigenvalue weighted by atomic mass is 16.5. The lowest BCUT2D eigenvalue weighted by molar-refractivity contribution is -0.133. The molecular formula is C17H26N4O3. The van der Waals surface area contributed by atoms with Gasteiger partial charge in [-0.15, -0.1) is 0 Å². The molecule has 0 aromatic heterocycles. The molecule has 132 valence electrons. The van der Waals surface area contributed by atoms with E-state index in [9.17, 15) is 9.59 Å². The molecular weight excluding hydrogens is 308 g/mol. The Morgan fingerprint density at radius 3 is 2.79 bits per heavy atom. The van der Waals surface area contributed by atoms with Gasteiger partial charge in [0.1, 0.15) is 0 Å². The SMILES string of the molecule is C[C@@H](CN(C)Cc1ccccc1)NC(=O)N1CCO[C@H](C(N)=O)C1. The number of ether oxygens (including phenoxy) is 1. The molecule has 3 amide bonds. The van der Waals surface area contributed by atoms with E-state index in [1.807, 2.05) is 32.2 Å². The third-order valence-corrected chi connectivity index (χ3v) is 3.92. The van der Waals surface area contributed by atoms with Crippen molar-refractivity contribution in [3.05, 3.63) is 35.9 Å². The molecule has 0 spiro atoms. The average Bonchev–Trinajstić information content (AvgIpc) is 2.55. The fourth-order valence-corrected chi connectivity index (χ4v) is 2.78. The van der Waals surface area contributed by atoms with Gasteiger partial charge in [0.05, 0.1) is 13.2 Å². The molecule has 0 aliphatic carbocycles. The van der Waals surface area contributed by atoms with Gasteiger partial charge in [-0.1, -0.05) is 30.3 Å². The molecule has 0 saturated carbocycles. The van der Waals surface area contributed by atoms with Crippen LogP contribution in [-0.4, -0.2) is 67.2 Å². The second-order valence-electron chi connectivity index (χ2n) is 6.24. The fourth-order valence-electron chi connectivity index (χ4n) is 2.78. The van der Waals surface area contributed by atoms with E-state index < -0.39 is 12.0 Å². The zero-order valence-corrected chi connectivity index (χ0v) is 14.3. The van der Waals surface area contributed by atoms with Crippen LogP contribution in [0.4, 0.5) is 4.79 Å². The van der Waals surface area contributed by atoms with Crippen molar-refractivity contribution in [3.63, 3.8) is 0 Å². The van der Waals surface area contributed by atoms with Gasteiger partial charge >= 0.3 is 6.03 Å². The zero-order chi connectivity index (χ0) is 17.5. The van der Waals surface area contributed by atoms with Gasteiger partial charge in [0.2, 0.25) is 5.91 Å². The lowest BCUT2D eigenvalue weighted by atomic mass is 10.2. The molecule has 1 aromatic carbocycles. The summed E-state index contributed by atoms with van der Waals surface area (Å²) in [6, 6.07) is 9.98. The van der Waals surface area contributed by atoms with Gasteiger partial charge in [0, 0.05) is 25.7 Å². The number of carbonyl (C=O) groups is 2. The van der Waals surface area contributed by atoms with Crippen LogP contribution < -0.4 is 11.1 Å². The minimum absolute atomic E-state index is 0.0129. The number of primary amides is 1. The number of benzene rings is 1. The maximum Gasteiger partial charge on any atom is 0.317 e. The summed E-state index contributed by atoms with van der Waals surface area (Å²) in [6.07, 6.45) is -0.722. The van der Waals surface area contributed by atoms with Gasteiger partial charge in [0.25, 0.3) is 0 Å². The summed E-state index contributed by atoms with van der Waals surface area (Å²) in [7, 11) is 2.02. The molecule has 7 nitrogen and oxygen atoms in total. The van der Waals surface area contributed by atoms with Gasteiger partial charge in [-0.05, 0) is 19.5 Å². The molecule has 1 aromatic rings. The van der Waals surface area contributed by atoms with Crippen LogP contribution in [0, 0.1) is 0 Å². The molecule has 1 saturated heterocycles. The number of urea groups is 1. The number of carbonyl (C=O) groups excluding carboxylic acids is 2. The van der Waals surface area contributed by atoms with Crippen LogP contribution in [0.3, 0.4) is 0 Å². The van der Waals surface area contributed by atoms with E-state index in [1.54, 1.807) is 4.90 Å². The number of likely N-dealkylation sites (N-methyl/N-ethyl adjacent to an activating group) is 1. The summed E-state index contributed by atoms with van der Waals surface area (Å²) >= 11 is 0. The third-order valence-electron chi connectivity index (χ3n) is 3.92. The highest BCUT2D eigenvalue weighted by Gasteiger charge is 2.28. The number of hydrogen-bond acceptors (Lipinski definition) is 4. The third kappa shape index (κ3) is 5.50. The van der Waals surface area contributed by atoms with E-state index in [2.05, 4.69) is 22.3 Å². The van der Waals surface area contributed by atoms with Crippen molar-refractivity contribution in [3.8, 4) is 0 Å². The summed E-state index contributed by atoms with van der Waals surface area (Å²) in [5.74, 6) is -0.539. The molecule has 0 radical (unpaired) electrons. The van der Waals surface area contributed by atoms with Crippen molar-refractivity contribution < 1.29 is 14.3 Å². The Balaban J connectivity index is 1.77. The topological polar surface area (TPSA) is 87.9 Å². The smallest absolute Gasteiger partial charge is 0.317 e. The van der Waals surface area contributed by atoms with Crippen LogP contribution in [0.25, 0.3) is 0 Å². The maximum atomic E-state index is 12.3. The van der Waals surface area contributed by atoms with E-state index in [4.69, 9.17) is 10.5 Å². The minimum atomic E-state index is -0.722. The molecule has 0 unspecified atom stereocenters. The van der Waals surface area contributed by atoms with Crippen LogP contribution in [0.1, 0.15) is 12.5 Å². The van der Waals surface area contributed by atoms with Crippen LogP contribution in [-0.2, 0) is 16.1 Å². The van der Waals surface area contributed by atoms with Gasteiger partial charge in [-0.3, -0.25) is 4.79 Å². The number of nitrogens with zero attached hydrogens (tertiary/aromatic N) is 2. The number of nitrogens with one attached hydrogen (secondary N) is 1. The van der Waals surface area contributed by atoms with Gasteiger partial charge in [0.15, 0.2) is 6.10 Å². The lowest BCUT2D eigenvalue weighted by Gasteiger charge is -2.32. The van der Waals surface area contributed by atoms with Crippen molar-refractivity contribution in [2.75, 3.05) is 33.3 Å². The summed E-state index contributed by atoms with van der Waals surface area (Å²) in [5, 5.41) is 2.96. The zero-order valence-electron chi connectivity index (χ0n) is 14.3. The van der Waals surface area contributed by atoms with Crippen molar-refractivity contribution in [1.29, 1.82) is 0 Å². The van der Waals surface area contributed by atoms with Crippen LogP contribution in [0.2, 0.25) is 0 Å². The summed E-state index contributed by atoms with van der Waals surface area (Å²) < 4.78 is 5.25. The normalized spacial score (nSPS) is 19.1. The highest BCUT2D eigenvalue weighted by molar-refractivity contribution is 5.81. The molecule has 1 aliphatic rings. The van der Waals surface area contributed by atoms with E-state index >= 15 is 0 Å². The second kappa shape index (κ2) is 8.65. The first-order valence-electron chi connectivity index (χ1n) is 8.14. The molecule has 0 bridgehead atoms. The Labute approximate surface area is 142 Å². The van der Waals surface area contributed by atoms with E-state index in [1.165, 1.54) is 5.56 Å². The predicted molar refractivity (Wildman–Crippen MR) is 91.3 cm³/mol. The molecule has 1 aliphatic heterocycles. The highest BCUT2D eigenvalue weighted by Crippen LogP contribution is 2.06. The van der Waals surface area contributed by atoms with E-state index in [0.717, 1.165) is 13.1 Å². The number of rotatable bonds is 6. The number of amides is 3. The summed E-state index contributed by atoms with van der Waals surface area (Å²) in [6.45, 7) is 4.50. The molecule has 2 rings (SSSR count). The van der Waals surface area contributed by atoms with Crippen molar-refractivity contribution in [1.82, 2.24) is 15.1 Å². The monoisotopic (exact) mass is 334 g/mol. The molecule has 2 atom stereocenters. The Morgan fingerprint density at radius 1 is 1.42 bits per heavy atom. The largest absolute Gasteiger partial charge is 0.367 e. The summed E-state index contributed by atoms with van der Waals surface area (Å²) in [5.41, 5.74) is 6.47. The summed E-state index contributed by atoms with van der Waals surface area (Å²) in [4.78, 5) is 27.2. The quantitative estimate of drug-likeness (QED) is 0.788. The van der Waals surface area contributed by atoms with Gasteiger partial charge in [-0.25, -0.2) is 4.79 Å². The second-order valence-corrected chi connectivity index (χ2v) is 6.24. The minimum Gasteiger partial charge on any atom is -0.367 e. The molecule has 7 heteroatoms. The molecule has 3 N–H and O–H groups in total. The number of nitrogens with two attached hydrogens (primary N) is 1. The molecule has 1 heterocycles. The van der Waals surface area contributed by atoms with E-state index in [0.29, 0.717) is 13.2 Å². The van der Waals surface area contributed by atoms with Crippen molar-refractivity contribution >= 4 is 11.9 Å². The predicted octanol–water partition coefficient (Wildman–Crippen LogP) is 0.403. The Hall–Kier alpha value is -2.12. The Kier molecular flexibility index (Phi) is 6.57. The maximum absolute atomic E-state index is 12.3. The van der Waals surface area contributed by atoms with Crippen LogP contribution in [0.15, 0.2) is 30.3 Å². The van der Waals surface area contributed by atoms with Gasteiger partial charge < -0.3 is 25.6 Å². The van der Waals surface area contributed by atoms with Crippen LogP contribution >= 0.6 is 0 Å². The van der Waals surface area contributed by atoms with Crippen molar-refractivity contribution in [2.24, 2.45) is 5.73 Å². The lowest BCUT2D eigenvalue weighted by Crippen LogP contribution is -2.55. The molecule has 1 fully saturated rings. The van der Waals surface area contributed by atoms with Gasteiger partial charge in [-0.2, -0.15) is 0 Å². The van der Waals surface area contributed by atoms with Crippen molar-refractivity contribution in [2.45, 2.75) is 25.6 Å². The van der Waals surface area contributed by atoms with Crippen LogP contribution in [0.5, 0.6) is 0 Å².